The van der Waals surface area contributed by atoms with Crippen LogP contribution >= 0.6 is 0 Å². The van der Waals surface area contributed by atoms with Crippen LogP contribution in [0, 0.1) is 11.8 Å². The predicted molar refractivity (Wildman–Crippen MR) is 180 cm³/mol. The molecule has 3 aromatic rings. The van der Waals surface area contributed by atoms with Crippen LogP contribution in [0.1, 0.15) is 58.5 Å². The smallest absolute Gasteiger partial charge is 0.309 e. The fourth-order valence-corrected chi connectivity index (χ4v) is 7.31. The van der Waals surface area contributed by atoms with Gasteiger partial charge in [0.15, 0.2) is 11.5 Å². The Kier molecular flexibility index (Phi) is 9.61. The van der Waals surface area contributed by atoms with E-state index in [1.54, 1.807) is 42.2 Å². The maximum Gasteiger partial charge on any atom is 0.309 e. The van der Waals surface area contributed by atoms with Crippen LogP contribution in [0.4, 0.5) is 11.4 Å². The van der Waals surface area contributed by atoms with Crippen LogP contribution in [0.2, 0.25) is 0 Å². The highest BCUT2D eigenvalue weighted by molar-refractivity contribution is 6.08. The van der Waals surface area contributed by atoms with Gasteiger partial charge in [0.05, 0.1) is 45.2 Å². The van der Waals surface area contributed by atoms with E-state index in [4.69, 9.17) is 18.9 Å². The molecular weight excluding hydrogens is 616 g/mol. The summed E-state index contributed by atoms with van der Waals surface area (Å²) >= 11 is 0. The Balaban J connectivity index is 1.31. The van der Waals surface area contributed by atoms with Gasteiger partial charge in [0.25, 0.3) is 17.4 Å². The number of methoxy groups -OCH3 is 3. The topological polar surface area (TPSA) is 129 Å². The lowest BCUT2D eigenvalue weighted by molar-refractivity contribution is -0.149. The number of anilines is 2. The maximum absolute atomic E-state index is 13.9. The number of esters is 1. The molecule has 0 saturated carbocycles. The summed E-state index contributed by atoms with van der Waals surface area (Å²) < 4.78 is 23.5. The van der Waals surface area contributed by atoms with Crippen LogP contribution in [0.25, 0.3) is 0 Å². The summed E-state index contributed by atoms with van der Waals surface area (Å²) in [4.78, 5) is 56.5. The van der Waals surface area contributed by atoms with Gasteiger partial charge in [-0.05, 0) is 68.5 Å². The van der Waals surface area contributed by atoms with Crippen LogP contribution in [0.3, 0.4) is 0 Å². The van der Waals surface area contributed by atoms with Gasteiger partial charge in [-0.25, -0.2) is 0 Å². The predicted octanol–water partition coefficient (Wildman–Crippen LogP) is 4.17. The number of nitrogens with one attached hydrogen (secondary N) is 1. The number of hydrogen-bond donors (Lipinski definition) is 1. The van der Waals surface area contributed by atoms with E-state index >= 15 is 0 Å². The lowest BCUT2D eigenvalue weighted by atomic mass is 9.83. The molecule has 2 aromatic carbocycles. The molecule has 12 heteroatoms. The van der Waals surface area contributed by atoms with Crippen LogP contribution in [0.15, 0.2) is 53.3 Å². The second kappa shape index (κ2) is 14.0. The number of pyridine rings is 1. The number of aromatic nitrogens is 1. The molecule has 2 saturated heterocycles. The molecule has 3 aliphatic heterocycles. The lowest BCUT2D eigenvalue weighted by Gasteiger charge is -2.44. The standard InChI is InChI=1S/C36H42N4O8/c1-5-48-36(44)23-11-13-38(14-12-23)35(43)24-9-10-29(39-19-22-15-26(21-39)28-7-6-8-32(41)40(28)20-22)27(16-24)37-34(42)25-17-30(45-2)33(47-4)31(18-25)46-3/h6-10,16-18,22-23,26H,5,11-15,19-21H2,1-4H3,(H,37,42). The number of carbonyl (C=O) groups excluding carboxylic acids is 3. The van der Waals surface area contributed by atoms with Crippen molar-refractivity contribution >= 4 is 29.2 Å². The molecule has 0 radical (unpaired) electrons. The van der Waals surface area contributed by atoms with E-state index in [-0.39, 0.29) is 40.8 Å². The van der Waals surface area contributed by atoms with E-state index in [2.05, 4.69) is 10.2 Å². The fourth-order valence-electron chi connectivity index (χ4n) is 7.31. The summed E-state index contributed by atoms with van der Waals surface area (Å²) in [5.74, 6) is 0.430. The monoisotopic (exact) mass is 658 g/mol. The van der Waals surface area contributed by atoms with E-state index < -0.39 is 5.91 Å². The van der Waals surface area contributed by atoms with Gasteiger partial charge in [0.2, 0.25) is 5.75 Å². The van der Waals surface area contributed by atoms with Gasteiger partial charge >= 0.3 is 5.97 Å². The first-order valence-corrected chi connectivity index (χ1v) is 16.4. The van der Waals surface area contributed by atoms with Gasteiger partial charge in [-0.2, -0.15) is 0 Å². The minimum absolute atomic E-state index is 0.0168. The second-order valence-corrected chi connectivity index (χ2v) is 12.5. The third kappa shape index (κ3) is 6.43. The van der Waals surface area contributed by atoms with Crippen LogP contribution in [-0.2, 0) is 16.1 Å². The molecule has 254 valence electrons. The Morgan fingerprint density at radius 1 is 0.875 bits per heavy atom. The molecule has 2 atom stereocenters. The van der Waals surface area contributed by atoms with Crippen LogP contribution < -0.4 is 30.0 Å². The highest BCUT2D eigenvalue weighted by atomic mass is 16.5. The minimum atomic E-state index is -0.413. The SMILES string of the molecule is CCOC(=O)C1CCN(C(=O)c2ccc(N3CC4CC(C3)c3cccc(=O)n3C4)c(NC(=O)c3cc(OC)c(OC)c(OC)c3)c2)CC1. The number of rotatable bonds is 9. The van der Waals surface area contributed by atoms with E-state index in [0.717, 1.165) is 17.8 Å². The van der Waals surface area contributed by atoms with Gasteiger partial charge in [-0.15, -0.1) is 0 Å². The highest BCUT2D eigenvalue weighted by Crippen LogP contribution is 2.41. The van der Waals surface area contributed by atoms with Gasteiger partial charge in [0.1, 0.15) is 0 Å². The zero-order chi connectivity index (χ0) is 33.9. The summed E-state index contributed by atoms with van der Waals surface area (Å²) in [5, 5.41) is 3.07. The van der Waals surface area contributed by atoms with Gasteiger partial charge in [0, 0.05) is 61.5 Å². The molecule has 2 fully saturated rings. The first-order valence-electron chi connectivity index (χ1n) is 16.4. The Morgan fingerprint density at radius 2 is 1.60 bits per heavy atom. The number of nitrogens with zero attached hydrogens (tertiary/aromatic N) is 3. The largest absolute Gasteiger partial charge is 0.493 e. The lowest BCUT2D eigenvalue weighted by Crippen LogP contribution is -2.47. The molecule has 48 heavy (non-hydrogen) atoms. The number of amides is 2. The summed E-state index contributed by atoms with van der Waals surface area (Å²) in [5.41, 5.74) is 3.04. The quantitative estimate of drug-likeness (QED) is 0.337. The molecule has 2 unspecified atom stereocenters. The molecule has 3 aliphatic rings. The van der Waals surface area contributed by atoms with E-state index in [9.17, 15) is 19.2 Å². The number of ether oxygens (including phenoxy) is 4. The van der Waals surface area contributed by atoms with Crippen molar-refractivity contribution in [1.82, 2.24) is 9.47 Å². The Bertz CT molecular complexity index is 1740. The Hall–Kier alpha value is -5.00. The number of hydrogen-bond acceptors (Lipinski definition) is 9. The summed E-state index contributed by atoms with van der Waals surface area (Å²) in [6.45, 7) is 4.97. The minimum Gasteiger partial charge on any atom is -0.493 e. The molecular formula is C36H42N4O8. The van der Waals surface area contributed by atoms with Crippen molar-refractivity contribution < 1.29 is 33.3 Å². The maximum atomic E-state index is 13.9. The zero-order valence-electron chi connectivity index (χ0n) is 27.8. The fraction of sp³-hybridized carbons (Fsp3) is 0.444. The van der Waals surface area contributed by atoms with Crippen molar-refractivity contribution in [2.75, 3.05) is 64.3 Å². The van der Waals surface area contributed by atoms with Gasteiger partial charge < -0.3 is 38.6 Å². The molecule has 12 nitrogen and oxygen atoms in total. The molecule has 0 spiro atoms. The molecule has 1 N–H and O–H groups in total. The second-order valence-electron chi connectivity index (χ2n) is 12.5. The molecule has 2 amide bonds. The first kappa shape index (κ1) is 32.9. The van der Waals surface area contributed by atoms with Crippen molar-refractivity contribution in [3.63, 3.8) is 0 Å². The average Bonchev–Trinajstić information content (AvgIpc) is 3.11. The number of likely N-dealkylation sites (tertiary alicyclic amines) is 1. The molecule has 2 bridgehead atoms. The Morgan fingerprint density at radius 3 is 2.27 bits per heavy atom. The molecule has 0 aliphatic carbocycles. The third-order valence-corrected chi connectivity index (χ3v) is 9.64. The number of fused-ring (bicyclic) bond motifs is 4. The normalized spacial score (nSPS) is 18.8. The summed E-state index contributed by atoms with van der Waals surface area (Å²) in [6, 6.07) is 14.0. The van der Waals surface area contributed by atoms with Crippen LogP contribution in [-0.4, -0.2) is 81.4 Å². The van der Waals surface area contributed by atoms with Gasteiger partial charge in [-0.3, -0.25) is 19.2 Å². The van der Waals surface area contributed by atoms with E-state index in [1.165, 1.54) is 21.3 Å². The van der Waals surface area contributed by atoms with Crippen LogP contribution in [0.5, 0.6) is 17.2 Å². The number of piperidine rings is 2. The van der Waals surface area contributed by atoms with Crippen molar-refractivity contribution in [1.29, 1.82) is 0 Å². The highest BCUT2D eigenvalue weighted by Gasteiger charge is 2.36. The third-order valence-electron chi connectivity index (χ3n) is 9.64. The zero-order valence-corrected chi connectivity index (χ0v) is 27.8. The van der Waals surface area contributed by atoms with Gasteiger partial charge in [-0.1, -0.05) is 6.07 Å². The average molecular weight is 659 g/mol. The van der Waals surface area contributed by atoms with Crippen molar-refractivity contribution in [3.8, 4) is 17.2 Å². The summed E-state index contributed by atoms with van der Waals surface area (Å²) in [7, 11) is 4.47. The van der Waals surface area contributed by atoms with Crippen molar-refractivity contribution in [2.45, 2.75) is 38.6 Å². The van der Waals surface area contributed by atoms with E-state index in [1.807, 2.05) is 22.8 Å². The summed E-state index contributed by atoms with van der Waals surface area (Å²) in [6.07, 6.45) is 2.05. The molecule has 4 heterocycles. The number of carbonyl (C=O) groups is 3. The molecule has 6 rings (SSSR count). The van der Waals surface area contributed by atoms with E-state index in [0.29, 0.717) is 80.7 Å². The number of benzene rings is 2. The Labute approximate surface area is 279 Å². The van der Waals surface area contributed by atoms with Crippen molar-refractivity contribution in [2.24, 2.45) is 11.8 Å². The molecule has 1 aromatic heterocycles. The van der Waals surface area contributed by atoms with Crippen molar-refractivity contribution in [3.05, 3.63) is 75.7 Å². The first-order chi connectivity index (χ1) is 23.2.